The average Bonchev–Trinajstić information content (AvgIpc) is 2.17. The second-order valence-corrected chi connectivity index (χ2v) is 3.28. The molecule has 14 heavy (non-hydrogen) atoms. The average molecular weight is 193 g/mol. The molecule has 0 saturated carbocycles. The number of hydrogen-bond acceptors (Lipinski definition) is 2. The minimum absolute atomic E-state index is 0.159. The van der Waals surface area contributed by atoms with Gasteiger partial charge in [0.1, 0.15) is 5.82 Å². The Morgan fingerprint density at radius 1 is 1.57 bits per heavy atom. The van der Waals surface area contributed by atoms with Gasteiger partial charge in [-0.1, -0.05) is 6.07 Å². The van der Waals surface area contributed by atoms with Crippen LogP contribution in [-0.4, -0.2) is 11.7 Å². The summed E-state index contributed by atoms with van der Waals surface area (Å²) in [6, 6.07) is 6.46. The lowest BCUT2D eigenvalue weighted by atomic mass is 9.98. The number of nitrogens with zero attached hydrogens (tertiary/aromatic N) is 1. The third-order valence-electron chi connectivity index (χ3n) is 2.17. The number of hydrogen-bond donors (Lipinski definition) is 1. The second-order valence-electron chi connectivity index (χ2n) is 3.28. The molecular weight excluding hydrogens is 181 g/mol. The van der Waals surface area contributed by atoms with Crippen molar-refractivity contribution in [2.24, 2.45) is 5.92 Å². The smallest absolute Gasteiger partial charge is 0.123 e. The van der Waals surface area contributed by atoms with Crippen LogP contribution in [0.1, 0.15) is 11.1 Å². The molecule has 3 heteroatoms. The normalized spacial score (nSPS) is 12.1. The van der Waals surface area contributed by atoms with E-state index in [1.807, 2.05) is 6.07 Å². The fourth-order valence-electron chi connectivity index (χ4n) is 1.30. The SMILES string of the molecule is Cc1cc(F)ccc1CC(C#N)CO. The van der Waals surface area contributed by atoms with E-state index >= 15 is 0 Å². The highest BCUT2D eigenvalue weighted by molar-refractivity contribution is 5.27. The first-order valence-corrected chi connectivity index (χ1v) is 4.43. The summed E-state index contributed by atoms with van der Waals surface area (Å²) in [4.78, 5) is 0. The predicted octanol–water partition coefficient (Wildman–Crippen LogP) is 1.81. The summed E-state index contributed by atoms with van der Waals surface area (Å²) >= 11 is 0. The Balaban J connectivity index is 2.82. The zero-order valence-electron chi connectivity index (χ0n) is 8.00. The number of aliphatic hydroxyl groups is 1. The van der Waals surface area contributed by atoms with Crippen molar-refractivity contribution >= 4 is 0 Å². The van der Waals surface area contributed by atoms with Crippen molar-refractivity contribution < 1.29 is 9.50 Å². The van der Waals surface area contributed by atoms with E-state index in [4.69, 9.17) is 10.4 Å². The van der Waals surface area contributed by atoms with Crippen molar-refractivity contribution in [3.05, 3.63) is 35.1 Å². The van der Waals surface area contributed by atoms with E-state index in [9.17, 15) is 4.39 Å². The highest BCUT2D eigenvalue weighted by Gasteiger charge is 2.09. The third-order valence-corrected chi connectivity index (χ3v) is 2.17. The quantitative estimate of drug-likeness (QED) is 0.795. The summed E-state index contributed by atoms with van der Waals surface area (Å²) in [6.07, 6.45) is 0.471. The van der Waals surface area contributed by atoms with Crippen LogP contribution in [-0.2, 0) is 6.42 Å². The standard InChI is InChI=1S/C11H12FNO/c1-8-4-11(12)3-2-10(8)5-9(6-13)7-14/h2-4,9,14H,5,7H2,1H3. The van der Waals surface area contributed by atoms with Gasteiger partial charge in [-0.2, -0.15) is 5.26 Å². The van der Waals surface area contributed by atoms with Gasteiger partial charge in [-0.3, -0.25) is 0 Å². The molecule has 0 aliphatic rings. The summed E-state index contributed by atoms with van der Waals surface area (Å²) < 4.78 is 12.7. The molecule has 1 aromatic rings. The van der Waals surface area contributed by atoms with Gasteiger partial charge >= 0.3 is 0 Å². The van der Waals surface area contributed by atoms with Gasteiger partial charge in [-0.15, -0.1) is 0 Å². The van der Waals surface area contributed by atoms with Crippen LogP contribution in [0.25, 0.3) is 0 Å². The Bertz CT molecular complexity index is 357. The number of benzene rings is 1. The summed E-state index contributed by atoms with van der Waals surface area (Å²) in [5.41, 5.74) is 1.73. The molecule has 0 aliphatic heterocycles. The van der Waals surface area contributed by atoms with Crippen molar-refractivity contribution in [1.82, 2.24) is 0 Å². The molecule has 0 saturated heterocycles. The Morgan fingerprint density at radius 2 is 2.29 bits per heavy atom. The minimum Gasteiger partial charge on any atom is -0.395 e. The van der Waals surface area contributed by atoms with E-state index in [0.717, 1.165) is 11.1 Å². The number of nitriles is 1. The number of aryl methyl sites for hydroxylation is 1. The van der Waals surface area contributed by atoms with Crippen LogP contribution in [0.3, 0.4) is 0 Å². The molecule has 0 spiro atoms. The fraction of sp³-hybridized carbons (Fsp3) is 0.364. The minimum atomic E-state index is -0.404. The zero-order valence-corrected chi connectivity index (χ0v) is 8.00. The van der Waals surface area contributed by atoms with Gasteiger partial charge in [0.2, 0.25) is 0 Å². The van der Waals surface area contributed by atoms with E-state index in [1.54, 1.807) is 13.0 Å². The number of halogens is 1. The lowest BCUT2D eigenvalue weighted by Gasteiger charge is -2.08. The Morgan fingerprint density at radius 3 is 2.79 bits per heavy atom. The predicted molar refractivity (Wildman–Crippen MR) is 51.0 cm³/mol. The molecule has 1 atom stereocenters. The maximum atomic E-state index is 12.7. The van der Waals surface area contributed by atoms with Crippen molar-refractivity contribution in [3.63, 3.8) is 0 Å². The fourth-order valence-corrected chi connectivity index (χ4v) is 1.30. The van der Waals surface area contributed by atoms with Gasteiger partial charge in [-0.25, -0.2) is 4.39 Å². The third kappa shape index (κ3) is 2.54. The Labute approximate surface area is 82.6 Å². The van der Waals surface area contributed by atoms with Gasteiger partial charge in [0.15, 0.2) is 0 Å². The van der Waals surface area contributed by atoms with E-state index < -0.39 is 5.92 Å². The Kier molecular flexibility index (Phi) is 3.61. The largest absolute Gasteiger partial charge is 0.395 e. The molecule has 0 amide bonds. The molecule has 0 bridgehead atoms. The van der Waals surface area contributed by atoms with Crippen molar-refractivity contribution in [3.8, 4) is 6.07 Å². The lowest BCUT2D eigenvalue weighted by Crippen LogP contribution is -2.07. The van der Waals surface area contributed by atoms with Crippen LogP contribution < -0.4 is 0 Å². The first-order chi connectivity index (χ1) is 6.67. The van der Waals surface area contributed by atoms with E-state index in [1.165, 1.54) is 12.1 Å². The molecule has 0 fully saturated rings. The zero-order chi connectivity index (χ0) is 10.6. The second kappa shape index (κ2) is 4.73. The van der Waals surface area contributed by atoms with Crippen molar-refractivity contribution in [2.75, 3.05) is 6.61 Å². The van der Waals surface area contributed by atoms with Crippen molar-refractivity contribution in [2.45, 2.75) is 13.3 Å². The molecule has 0 heterocycles. The van der Waals surface area contributed by atoms with E-state index in [0.29, 0.717) is 6.42 Å². The molecule has 1 aromatic carbocycles. The van der Waals surface area contributed by atoms with Crippen LogP contribution in [0.2, 0.25) is 0 Å². The molecule has 2 nitrogen and oxygen atoms in total. The first kappa shape index (κ1) is 10.7. The number of aliphatic hydroxyl groups excluding tert-OH is 1. The number of rotatable bonds is 3. The molecule has 0 radical (unpaired) electrons. The monoisotopic (exact) mass is 193 g/mol. The lowest BCUT2D eigenvalue weighted by molar-refractivity contribution is 0.255. The maximum absolute atomic E-state index is 12.7. The first-order valence-electron chi connectivity index (χ1n) is 4.43. The molecule has 0 aromatic heterocycles. The maximum Gasteiger partial charge on any atom is 0.123 e. The van der Waals surface area contributed by atoms with E-state index in [2.05, 4.69) is 0 Å². The molecule has 0 aliphatic carbocycles. The molecule has 74 valence electrons. The summed E-state index contributed by atoms with van der Waals surface area (Å²) in [5, 5.41) is 17.5. The molecule has 1 unspecified atom stereocenters. The van der Waals surface area contributed by atoms with Gasteiger partial charge in [0.05, 0.1) is 18.6 Å². The van der Waals surface area contributed by atoms with E-state index in [-0.39, 0.29) is 12.4 Å². The van der Waals surface area contributed by atoms with Gasteiger partial charge in [-0.05, 0) is 36.6 Å². The van der Waals surface area contributed by atoms with Crippen LogP contribution in [0.4, 0.5) is 4.39 Å². The molecule has 1 N–H and O–H groups in total. The van der Waals surface area contributed by atoms with Gasteiger partial charge in [0, 0.05) is 0 Å². The highest BCUT2D eigenvalue weighted by atomic mass is 19.1. The Hall–Kier alpha value is -1.40. The van der Waals surface area contributed by atoms with Crippen LogP contribution in [0, 0.1) is 30.0 Å². The summed E-state index contributed by atoms with van der Waals surface area (Å²) in [6.45, 7) is 1.64. The molecule has 1 rings (SSSR count). The van der Waals surface area contributed by atoms with Crippen molar-refractivity contribution in [1.29, 1.82) is 5.26 Å². The van der Waals surface area contributed by atoms with Crippen LogP contribution in [0.15, 0.2) is 18.2 Å². The topological polar surface area (TPSA) is 44.0 Å². The van der Waals surface area contributed by atoms with Gasteiger partial charge < -0.3 is 5.11 Å². The summed E-state index contributed by atoms with van der Waals surface area (Å²) in [5.74, 6) is -0.678. The van der Waals surface area contributed by atoms with Gasteiger partial charge in [0.25, 0.3) is 0 Å². The van der Waals surface area contributed by atoms with Crippen LogP contribution in [0.5, 0.6) is 0 Å². The summed E-state index contributed by atoms with van der Waals surface area (Å²) in [7, 11) is 0. The highest BCUT2D eigenvalue weighted by Crippen LogP contribution is 2.14. The van der Waals surface area contributed by atoms with Crippen LogP contribution >= 0.6 is 0 Å². The molecular formula is C11H12FNO.